The fourth-order valence-electron chi connectivity index (χ4n) is 2.66. The van der Waals surface area contributed by atoms with Gasteiger partial charge >= 0.3 is 0 Å². The Bertz CT molecular complexity index is 826. The summed E-state index contributed by atoms with van der Waals surface area (Å²) in [6, 6.07) is 10.9. The Balaban J connectivity index is 1.54. The van der Waals surface area contributed by atoms with Crippen LogP contribution in [0.5, 0.6) is 5.75 Å². The van der Waals surface area contributed by atoms with Crippen molar-refractivity contribution < 1.29 is 17.9 Å². The second-order valence-corrected chi connectivity index (χ2v) is 8.88. The van der Waals surface area contributed by atoms with Crippen molar-refractivity contribution in [3.8, 4) is 5.75 Å². The van der Waals surface area contributed by atoms with Crippen LogP contribution < -0.4 is 4.74 Å². The van der Waals surface area contributed by atoms with Gasteiger partial charge in [-0.05, 0) is 30.0 Å². The Morgan fingerprint density at radius 2 is 1.84 bits per heavy atom. The lowest BCUT2D eigenvalue weighted by Gasteiger charge is -2.33. The Labute approximate surface area is 151 Å². The van der Waals surface area contributed by atoms with E-state index in [0.717, 1.165) is 5.56 Å². The monoisotopic (exact) mass is 380 g/mol. The molecule has 1 fully saturated rings. The molecular formula is C17H20N2O4S2. The molecule has 0 bridgehead atoms. The molecule has 0 unspecified atom stereocenters. The van der Waals surface area contributed by atoms with Crippen LogP contribution >= 0.6 is 11.3 Å². The van der Waals surface area contributed by atoms with Crippen LogP contribution in [0.3, 0.4) is 0 Å². The minimum absolute atomic E-state index is 0.0392. The number of aryl methyl sites for hydroxylation is 1. The van der Waals surface area contributed by atoms with Crippen LogP contribution in [-0.2, 0) is 14.8 Å². The van der Waals surface area contributed by atoms with Gasteiger partial charge in [0, 0.05) is 26.2 Å². The molecule has 1 aromatic carbocycles. The first-order valence-corrected chi connectivity index (χ1v) is 10.3. The van der Waals surface area contributed by atoms with Gasteiger partial charge in [-0.25, -0.2) is 8.42 Å². The number of hydrogen-bond donors (Lipinski definition) is 0. The molecule has 1 aromatic heterocycles. The van der Waals surface area contributed by atoms with Crippen molar-refractivity contribution in [1.29, 1.82) is 0 Å². The molecule has 0 aliphatic carbocycles. The number of piperazine rings is 1. The van der Waals surface area contributed by atoms with E-state index in [2.05, 4.69) is 0 Å². The maximum Gasteiger partial charge on any atom is 0.260 e. The third kappa shape index (κ3) is 4.02. The van der Waals surface area contributed by atoms with Gasteiger partial charge < -0.3 is 9.64 Å². The van der Waals surface area contributed by atoms with Gasteiger partial charge in [-0.2, -0.15) is 4.31 Å². The van der Waals surface area contributed by atoms with Crippen molar-refractivity contribution in [3.05, 3.63) is 47.3 Å². The number of para-hydroxylation sites is 1. The van der Waals surface area contributed by atoms with Crippen molar-refractivity contribution in [3.63, 3.8) is 0 Å². The van der Waals surface area contributed by atoms with Crippen molar-refractivity contribution in [2.24, 2.45) is 0 Å². The SMILES string of the molecule is Cc1ccccc1OCC(=O)N1CCN(S(=O)(=O)c2cccs2)CC1. The molecule has 0 saturated carbocycles. The molecule has 0 radical (unpaired) electrons. The largest absolute Gasteiger partial charge is 0.484 e. The summed E-state index contributed by atoms with van der Waals surface area (Å²) in [6.07, 6.45) is 0. The number of sulfonamides is 1. The van der Waals surface area contributed by atoms with Crippen LogP contribution in [0, 0.1) is 6.92 Å². The van der Waals surface area contributed by atoms with Crippen molar-refractivity contribution >= 4 is 27.3 Å². The number of thiophene rings is 1. The zero-order chi connectivity index (χ0) is 17.9. The second kappa shape index (κ2) is 7.55. The predicted molar refractivity (Wildman–Crippen MR) is 96.3 cm³/mol. The molecule has 2 heterocycles. The highest BCUT2D eigenvalue weighted by Gasteiger charge is 2.30. The third-order valence-electron chi connectivity index (χ3n) is 4.13. The second-order valence-electron chi connectivity index (χ2n) is 5.77. The molecule has 0 N–H and O–H groups in total. The Morgan fingerprint density at radius 3 is 2.48 bits per heavy atom. The number of amides is 1. The van der Waals surface area contributed by atoms with E-state index in [1.54, 1.807) is 22.4 Å². The van der Waals surface area contributed by atoms with Gasteiger partial charge in [-0.1, -0.05) is 24.3 Å². The number of ether oxygens (including phenoxy) is 1. The topological polar surface area (TPSA) is 66.9 Å². The first kappa shape index (κ1) is 17.9. The summed E-state index contributed by atoms with van der Waals surface area (Å²) in [5, 5.41) is 1.75. The minimum atomic E-state index is -3.45. The van der Waals surface area contributed by atoms with Crippen LogP contribution in [0.15, 0.2) is 46.0 Å². The lowest BCUT2D eigenvalue weighted by Crippen LogP contribution is -2.51. The molecule has 6 nitrogen and oxygen atoms in total. The molecule has 1 saturated heterocycles. The molecule has 1 aliphatic rings. The average molecular weight is 380 g/mol. The van der Waals surface area contributed by atoms with E-state index < -0.39 is 10.0 Å². The summed E-state index contributed by atoms with van der Waals surface area (Å²) in [7, 11) is -3.45. The fourth-order valence-corrected chi connectivity index (χ4v) is 5.23. The highest BCUT2D eigenvalue weighted by molar-refractivity contribution is 7.91. The average Bonchev–Trinajstić information content (AvgIpc) is 3.16. The van der Waals surface area contributed by atoms with Gasteiger partial charge in [0.2, 0.25) is 0 Å². The summed E-state index contributed by atoms with van der Waals surface area (Å²) in [5.41, 5.74) is 0.974. The van der Waals surface area contributed by atoms with Gasteiger partial charge in [0.25, 0.3) is 15.9 Å². The first-order chi connectivity index (χ1) is 12.0. The van der Waals surface area contributed by atoms with Crippen molar-refractivity contribution in [1.82, 2.24) is 9.21 Å². The molecule has 0 atom stereocenters. The van der Waals surface area contributed by atoms with Crippen LogP contribution in [0.4, 0.5) is 0 Å². The number of hydrogen-bond acceptors (Lipinski definition) is 5. The summed E-state index contributed by atoms with van der Waals surface area (Å²) < 4.78 is 32.3. The Hall–Kier alpha value is -1.90. The van der Waals surface area contributed by atoms with Crippen LogP contribution in [-0.4, -0.2) is 56.3 Å². The number of rotatable bonds is 5. The number of carbonyl (C=O) groups is 1. The van der Waals surface area contributed by atoms with E-state index in [9.17, 15) is 13.2 Å². The fraction of sp³-hybridized carbons (Fsp3) is 0.353. The summed E-state index contributed by atoms with van der Waals surface area (Å²) >= 11 is 1.21. The van der Waals surface area contributed by atoms with E-state index >= 15 is 0 Å². The molecule has 1 amide bonds. The molecule has 0 spiro atoms. The molecule has 8 heteroatoms. The van der Waals surface area contributed by atoms with Gasteiger partial charge in [0.1, 0.15) is 9.96 Å². The lowest BCUT2D eigenvalue weighted by atomic mass is 10.2. The molecule has 1 aliphatic heterocycles. The van der Waals surface area contributed by atoms with E-state index in [1.165, 1.54) is 15.6 Å². The molecule has 25 heavy (non-hydrogen) atoms. The summed E-state index contributed by atoms with van der Waals surface area (Å²) in [4.78, 5) is 14.0. The van der Waals surface area contributed by atoms with Crippen LogP contribution in [0.2, 0.25) is 0 Å². The van der Waals surface area contributed by atoms with Gasteiger partial charge in [-0.15, -0.1) is 11.3 Å². The van der Waals surface area contributed by atoms with Crippen LogP contribution in [0.1, 0.15) is 5.56 Å². The maximum absolute atomic E-state index is 12.5. The number of carbonyl (C=O) groups excluding carboxylic acids is 1. The third-order valence-corrected chi connectivity index (χ3v) is 7.40. The Kier molecular flexibility index (Phi) is 5.41. The molecule has 3 rings (SSSR count). The van der Waals surface area contributed by atoms with Crippen LogP contribution in [0.25, 0.3) is 0 Å². The first-order valence-electron chi connectivity index (χ1n) is 7.98. The van der Waals surface area contributed by atoms with E-state index in [4.69, 9.17) is 4.74 Å². The normalized spacial score (nSPS) is 16.0. The van der Waals surface area contributed by atoms with E-state index in [-0.39, 0.29) is 12.5 Å². The molecule has 134 valence electrons. The highest BCUT2D eigenvalue weighted by Crippen LogP contribution is 2.22. The van der Waals surface area contributed by atoms with Crippen molar-refractivity contribution in [2.45, 2.75) is 11.1 Å². The lowest BCUT2D eigenvalue weighted by molar-refractivity contribution is -0.134. The minimum Gasteiger partial charge on any atom is -0.484 e. The number of nitrogens with zero attached hydrogens (tertiary/aromatic N) is 2. The molecular weight excluding hydrogens is 360 g/mol. The van der Waals surface area contributed by atoms with Gasteiger partial charge in [0.15, 0.2) is 6.61 Å². The summed E-state index contributed by atoms with van der Waals surface area (Å²) in [5.74, 6) is 0.561. The number of benzene rings is 1. The maximum atomic E-state index is 12.5. The van der Waals surface area contributed by atoms with Gasteiger partial charge in [-0.3, -0.25) is 4.79 Å². The zero-order valence-corrected chi connectivity index (χ0v) is 15.6. The molecule has 2 aromatic rings. The quantitative estimate of drug-likeness (QED) is 0.795. The highest BCUT2D eigenvalue weighted by atomic mass is 32.2. The predicted octanol–water partition coefficient (Wildman–Crippen LogP) is 1.97. The van der Waals surface area contributed by atoms with Crippen molar-refractivity contribution in [2.75, 3.05) is 32.8 Å². The zero-order valence-electron chi connectivity index (χ0n) is 13.9. The standard InChI is InChI=1S/C17H20N2O4S2/c1-14-5-2-3-6-15(14)23-13-16(20)18-8-10-19(11-9-18)25(21,22)17-7-4-12-24-17/h2-7,12H,8-11,13H2,1H3. The van der Waals surface area contributed by atoms with E-state index in [1.807, 2.05) is 31.2 Å². The summed E-state index contributed by atoms with van der Waals surface area (Å²) in [6.45, 7) is 3.24. The smallest absolute Gasteiger partial charge is 0.260 e. The van der Waals surface area contributed by atoms with Gasteiger partial charge in [0.05, 0.1) is 0 Å². The Morgan fingerprint density at radius 1 is 1.12 bits per heavy atom. The van der Waals surface area contributed by atoms with E-state index in [0.29, 0.717) is 36.1 Å².